The Labute approximate surface area is 187 Å². The lowest BCUT2D eigenvalue weighted by molar-refractivity contribution is 0.560. The minimum absolute atomic E-state index is 0.422. The fraction of sp³-hybridized carbons (Fsp3) is 0. The highest BCUT2D eigenvalue weighted by molar-refractivity contribution is 9.11. The first-order valence-corrected chi connectivity index (χ1v) is 10.6. The Hall–Kier alpha value is -2.96. The van der Waals surface area contributed by atoms with Gasteiger partial charge in [0.2, 0.25) is 0 Å². The molecule has 0 radical (unpaired) electrons. The van der Waals surface area contributed by atoms with Crippen LogP contribution in [0, 0.1) is 0 Å². The Morgan fingerprint density at radius 1 is 0.700 bits per heavy atom. The zero-order valence-electron chi connectivity index (χ0n) is 15.3. The van der Waals surface area contributed by atoms with Crippen molar-refractivity contribution in [1.29, 1.82) is 0 Å². The van der Waals surface area contributed by atoms with Gasteiger partial charge in [-0.15, -0.1) is 0 Å². The van der Waals surface area contributed by atoms with Gasteiger partial charge < -0.3 is 8.83 Å². The Morgan fingerprint density at radius 3 is 2.30 bits per heavy atom. The standard InChI is InChI=1S/C24H12Br2O4/c25-16-8-15-10-18(24(28)30-23(15)20(26)11-16)14-6-7-21-19(9-14)17(12-22(27)29-21)13-4-2-1-3-5-13/h1-12H. The van der Waals surface area contributed by atoms with Crippen molar-refractivity contribution in [2.45, 2.75) is 0 Å². The van der Waals surface area contributed by atoms with Crippen LogP contribution in [-0.2, 0) is 0 Å². The summed E-state index contributed by atoms with van der Waals surface area (Å²) in [6.45, 7) is 0. The number of hydrogen-bond donors (Lipinski definition) is 0. The fourth-order valence-electron chi connectivity index (χ4n) is 3.55. The summed E-state index contributed by atoms with van der Waals surface area (Å²) in [6, 6.07) is 21.9. The quantitative estimate of drug-likeness (QED) is 0.240. The predicted octanol–water partition coefficient (Wildman–Crippen LogP) is 6.76. The number of fused-ring (bicyclic) bond motifs is 2. The van der Waals surface area contributed by atoms with Crippen molar-refractivity contribution in [2.24, 2.45) is 0 Å². The first-order chi connectivity index (χ1) is 14.5. The number of benzene rings is 3. The van der Waals surface area contributed by atoms with Gasteiger partial charge in [-0.3, -0.25) is 0 Å². The van der Waals surface area contributed by atoms with Crippen LogP contribution in [0.25, 0.3) is 44.2 Å². The zero-order chi connectivity index (χ0) is 20.8. The van der Waals surface area contributed by atoms with E-state index in [2.05, 4.69) is 31.9 Å². The molecule has 2 heterocycles. The third-order valence-electron chi connectivity index (χ3n) is 4.89. The predicted molar refractivity (Wildman–Crippen MR) is 125 cm³/mol. The van der Waals surface area contributed by atoms with E-state index in [0.717, 1.165) is 26.4 Å². The summed E-state index contributed by atoms with van der Waals surface area (Å²) in [6.07, 6.45) is 0. The number of rotatable bonds is 2. The lowest BCUT2D eigenvalue weighted by atomic mass is 9.98. The molecule has 0 spiro atoms. The van der Waals surface area contributed by atoms with Gasteiger partial charge >= 0.3 is 11.3 Å². The van der Waals surface area contributed by atoms with Crippen LogP contribution in [0.2, 0.25) is 0 Å². The zero-order valence-corrected chi connectivity index (χ0v) is 18.5. The van der Waals surface area contributed by atoms with E-state index in [1.165, 1.54) is 6.07 Å². The SMILES string of the molecule is O=c1cc(-c2ccccc2)c2cc(-c3cc4cc(Br)cc(Br)c4oc3=O)ccc2o1. The van der Waals surface area contributed by atoms with Gasteiger partial charge in [0.05, 0.1) is 10.0 Å². The summed E-state index contributed by atoms with van der Waals surface area (Å²) in [5.41, 5.74) is 2.84. The summed E-state index contributed by atoms with van der Waals surface area (Å²) >= 11 is 6.90. The minimum Gasteiger partial charge on any atom is -0.423 e. The highest BCUT2D eigenvalue weighted by atomic mass is 79.9. The van der Waals surface area contributed by atoms with Gasteiger partial charge in [-0.1, -0.05) is 52.3 Å². The normalized spacial score (nSPS) is 11.3. The van der Waals surface area contributed by atoms with Crippen LogP contribution < -0.4 is 11.3 Å². The van der Waals surface area contributed by atoms with Gasteiger partial charge in [0.1, 0.15) is 5.58 Å². The number of halogens is 2. The molecule has 0 aliphatic carbocycles. The van der Waals surface area contributed by atoms with E-state index in [4.69, 9.17) is 8.83 Å². The van der Waals surface area contributed by atoms with Gasteiger partial charge in [0, 0.05) is 21.3 Å². The third kappa shape index (κ3) is 3.32. The molecule has 3 aromatic carbocycles. The maximum atomic E-state index is 12.7. The largest absolute Gasteiger partial charge is 0.423 e. The Kier molecular flexibility index (Phi) is 4.68. The average molecular weight is 524 g/mol. The van der Waals surface area contributed by atoms with Crippen LogP contribution in [0.4, 0.5) is 0 Å². The van der Waals surface area contributed by atoms with E-state index in [1.54, 1.807) is 18.2 Å². The summed E-state index contributed by atoms with van der Waals surface area (Å²) in [5, 5.41) is 1.53. The van der Waals surface area contributed by atoms with Gasteiger partial charge in [-0.05, 0) is 63.0 Å². The van der Waals surface area contributed by atoms with Crippen molar-refractivity contribution < 1.29 is 8.83 Å². The summed E-state index contributed by atoms with van der Waals surface area (Å²) < 4.78 is 12.5. The molecule has 0 N–H and O–H groups in total. The summed E-state index contributed by atoms with van der Waals surface area (Å²) in [5.74, 6) is 0. The molecule has 0 bridgehead atoms. The molecule has 4 nitrogen and oxygen atoms in total. The topological polar surface area (TPSA) is 60.4 Å². The highest BCUT2D eigenvalue weighted by Gasteiger charge is 2.14. The van der Waals surface area contributed by atoms with Crippen molar-refractivity contribution in [3.05, 3.63) is 103 Å². The van der Waals surface area contributed by atoms with E-state index < -0.39 is 11.3 Å². The van der Waals surface area contributed by atoms with E-state index in [1.807, 2.05) is 48.5 Å². The maximum absolute atomic E-state index is 12.7. The van der Waals surface area contributed by atoms with Crippen molar-refractivity contribution in [3.8, 4) is 22.3 Å². The molecule has 5 rings (SSSR count). The van der Waals surface area contributed by atoms with E-state index >= 15 is 0 Å². The second-order valence-electron chi connectivity index (χ2n) is 6.81. The molecule has 2 aromatic heterocycles. The first kappa shape index (κ1) is 19.0. The molecular formula is C24H12Br2O4. The molecule has 0 aliphatic rings. The molecule has 0 atom stereocenters. The number of hydrogen-bond acceptors (Lipinski definition) is 4. The smallest absolute Gasteiger partial charge is 0.344 e. The van der Waals surface area contributed by atoms with Crippen molar-refractivity contribution in [1.82, 2.24) is 0 Å². The van der Waals surface area contributed by atoms with Crippen LogP contribution in [-0.4, -0.2) is 0 Å². The van der Waals surface area contributed by atoms with Crippen LogP contribution in [0.15, 0.2) is 100 Å². The fourth-order valence-corrected chi connectivity index (χ4v) is 4.88. The molecule has 30 heavy (non-hydrogen) atoms. The van der Waals surface area contributed by atoms with Gasteiger partial charge in [-0.2, -0.15) is 0 Å². The Bertz CT molecular complexity index is 1550. The molecule has 0 amide bonds. The molecule has 0 aliphatic heterocycles. The molecular weight excluding hydrogens is 512 g/mol. The van der Waals surface area contributed by atoms with E-state index in [9.17, 15) is 9.59 Å². The lowest BCUT2D eigenvalue weighted by Gasteiger charge is -2.09. The molecule has 146 valence electrons. The van der Waals surface area contributed by atoms with Gasteiger partial charge in [0.25, 0.3) is 0 Å². The summed E-state index contributed by atoms with van der Waals surface area (Å²) in [4.78, 5) is 24.8. The highest BCUT2D eigenvalue weighted by Crippen LogP contribution is 2.33. The monoisotopic (exact) mass is 522 g/mol. The molecule has 6 heteroatoms. The lowest BCUT2D eigenvalue weighted by Crippen LogP contribution is -2.03. The second-order valence-corrected chi connectivity index (χ2v) is 8.58. The second kappa shape index (κ2) is 7.38. The van der Waals surface area contributed by atoms with Gasteiger partial charge in [0.15, 0.2) is 5.58 Å². The van der Waals surface area contributed by atoms with Crippen LogP contribution in [0.5, 0.6) is 0 Å². The van der Waals surface area contributed by atoms with Crippen LogP contribution in [0.1, 0.15) is 0 Å². The molecule has 5 aromatic rings. The van der Waals surface area contributed by atoms with Crippen molar-refractivity contribution >= 4 is 53.8 Å². The van der Waals surface area contributed by atoms with Crippen molar-refractivity contribution in [2.75, 3.05) is 0 Å². The molecule has 0 saturated heterocycles. The molecule has 0 saturated carbocycles. The van der Waals surface area contributed by atoms with E-state index in [0.29, 0.717) is 26.8 Å². The maximum Gasteiger partial charge on any atom is 0.344 e. The Morgan fingerprint density at radius 2 is 1.50 bits per heavy atom. The molecule has 0 unspecified atom stereocenters. The van der Waals surface area contributed by atoms with Crippen LogP contribution >= 0.6 is 31.9 Å². The average Bonchev–Trinajstić information content (AvgIpc) is 2.74. The molecule has 0 fully saturated rings. The van der Waals surface area contributed by atoms with Crippen molar-refractivity contribution in [3.63, 3.8) is 0 Å². The Balaban J connectivity index is 1.78. The van der Waals surface area contributed by atoms with Gasteiger partial charge in [-0.25, -0.2) is 9.59 Å². The third-order valence-corrected chi connectivity index (χ3v) is 5.94. The first-order valence-electron chi connectivity index (χ1n) is 9.06. The van der Waals surface area contributed by atoms with E-state index in [-0.39, 0.29) is 0 Å². The summed E-state index contributed by atoms with van der Waals surface area (Å²) in [7, 11) is 0. The minimum atomic E-state index is -0.441. The van der Waals surface area contributed by atoms with Crippen LogP contribution in [0.3, 0.4) is 0 Å².